The molecule has 0 aromatic heterocycles. The molecule has 0 saturated carbocycles. The van der Waals surface area contributed by atoms with E-state index >= 15 is 0 Å². The van der Waals surface area contributed by atoms with Gasteiger partial charge < -0.3 is 5.32 Å². The van der Waals surface area contributed by atoms with Crippen LogP contribution in [0.4, 0.5) is 0 Å². The van der Waals surface area contributed by atoms with E-state index in [1.54, 1.807) is 0 Å². The number of rotatable bonds is 6. The van der Waals surface area contributed by atoms with Crippen molar-refractivity contribution in [2.75, 3.05) is 6.54 Å². The lowest BCUT2D eigenvalue weighted by molar-refractivity contribution is 0.538. The van der Waals surface area contributed by atoms with Crippen molar-refractivity contribution < 1.29 is 0 Å². The SMILES string of the molecule is C=C(CC)CC(NCC)c1c(C)cccc1C. The lowest BCUT2D eigenvalue weighted by atomic mass is 9.91. The van der Waals surface area contributed by atoms with E-state index in [2.05, 4.69) is 57.8 Å². The quantitative estimate of drug-likeness (QED) is 0.719. The highest BCUT2D eigenvalue weighted by atomic mass is 14.9. The van der Waals surface area contributed by atoms with Crippen molar-refractivity contribution in [1.29, 1.82) is 0 Å². The Bertz CT molecular complexity index is 359. The van der Waals surface area contributed by atoms with E-state index in [0.29, 0.717) is 6.04 Å². The van der Waals surface area contributed by atoms with Crippen LogP contribution in [0.2, 0.25) is 0 Å². The highest BCUT2D eigenvalue weighted by Crippen LogP contribution is 2.27. The first-order chi connectivity index (χ1) is 8.10. The summed E-state index contributed by atoms with van der Waals surface area (Å²) in [7, 11) is 0. The first kappa shape index (κ1) is 14.0. The topological polar surface area (TPSA) is 12.0 Å². The smallest absolute Gasteiger partial charge is 0.0362 e. The molecule has 0 amide bonds. The maximum Gasteiger partial charge on any atom is 0.0362 e. The Morgan fingerprint density at radius 1 is 1.24 bits per heavy atom. The van der Waals surface area contributed by atoms with Gasteiger partial charge in [-0.05, 0) is 49.9 Å². The van der Waals surface area contributed by atoms with Crippen LogP contribution in [0.25, 0.3) is 0 Å². The van der Waals surface area contributed by atoms with E-state index in [1.165, 1.54) is 22.3 Å². The molecule has 1 N–H and O–H groups in total. The number of aryl methyl sites for hydroxylation is 2. The zero-order chi connectivity index (χ0) is 12.8. The third-order valence-corrected chi connectivity index (χ3v) is 3.33. The fraction of sp³-hybridized carbons (Fsp3) is 0.500. The molecule has 0 fully saturated rings. The normalized spacial score (nSPS) is 12.5. The van der Waals surface area contributed by atoms with Crippen LogP contribution in [0.1, 0.15) is 49.4 Å². The number of benzene rings is 1. The largest absolute Gasteiger partial charge is 0.310 e. The molecule has 1 aromatic carbocycles. The molecule has 0 spiro atoms. The van der Waals surface area contributed by atoms with Gasteiger partial charge in [0, 0.05) is 6.04 Å². The molecule has 1 aromatic rings. The summed E-state index contributed by atoms with van der Waals surface area (Å²) in [6.07, 6.45) is 2.10. The van der Waals surface area contributed by atoms with Crippen molar-refractivity contribution in [3.63, 3.8) is 0 Å². The third kappa shape index (κ3) is 3.71. The van der Waals surface area contributed by atoms with Crippen molar-refractivity contribution in [2.45, 2.75) is 46.6 Å². The maximum absolute atomic E-state index is 4.14. The molecule has 1 rings (SSSR count). The highest BCUT2D eigenvalue weighted by molar-refractivity contribution is 5.36. The van der Waals surface area contributed by atoms with Gasteiger partial charge in [0.1, 0.15) is 0 Å². The van der Waals surface area contributed by atoms with E-state index in [-0.39, 0.29) is 0 Å². The van der Waals surface area contributed by atoms with Gasteiger partial charge in [-0.25, -0.2) is 0 Å². The van der Waals surface area contributed by atoms with E-state index in [1.807, 2.05) is 0 Å². The Morgan fingerprint density at radius 2 is 1.82 bits per heavy atom. The van der Waals surface area contributed by atoms with Crippen LogP contribution in [-0.4, -0.2) is 6.54 Å². The Morgan fingerprint density at radius 3 is 2.29 bits per heavy atom. The standard InChI is InChI=1S/C16H25N/c1-6-12(3)11-15(17-7-2)16-13(4)9-8-10-14(16)5/h8-10,15,17H,3,6-7,11H2,1-2,4-5H3. The van der Waals surface area contributed by atoms with E-state index in [9.17, 15) is 0 Å². The van der Waals surface area contributed by atoms with Gasteiger partial charge in [0.05, 0.1) is 0 Å². The summed E-state index contributed by atoms with van der Waals surface area (Å²) >= 11 is 0. The van der Waals surface area contributed by atoms with Crippen molar-refractivity contribution in [3.8, 4) is 0 Å². The van der Waals surface area contributed by atoms with E-state index in [4.69, 9.17) is 0 Å². The molecule has 1 unspecified atom stereocenters. The minimum Gasteiger partial charge on any atom is -0.310 e. The summed E-state index contributed by atoms with van der Waals surface area (Å²) in [6.45, 7) is 13.9. The van der Waals surface area contributed by atoms with Crippen LogP contribution in [0.5, 0.6) is 0 Å². The Hall–Kier alpha value is -1.08. The summed E-state index contributed by atoms with van der Waals surface area (Å²) in [5, 5.41) is 3.58. The molecule has 0 bridgehead atoms. The molecule has 0 saturated heterocycles. The molecule has 1 nitrogen and oxygen atoms in total. The predicted molar refractivity (Wildman–Crippen MR) is 76.4 cm³/mol. The van der Waals surface area contributed by atoms with Crippen LogP contribution in [0, 0.1) is 13.8 Å². The maximum atomic E-state index is 4.14. The van der Waals surface area contributed by atoms with Crippen molar-refractivity contribution in [2.24, 2.45) is 0 Å². The molecule has 1 atom stereocenters. The molecule has 0 radical (unpaired) electrons. The number of hydrogen-bond acceptors (Lipinski definition) is 1. The molecule has 0 aliphatic rings. The third-order valence-electron chi connectivity index (χ3n) is 3.33. The number of nitrogens with one attached hydrogen (secondary N) is 1. The minimum absolute atomic E-state index is 0.411. The van der Waals surface area contributed by atoms with Crippen molar-refractivity contribution in [1.82, 2.24) is 5.32 Å². The van der Waals surface area contributed by atoms with Crippen LogP contribution in [-0.2, 0) is 0 Å². The van der Waals surface area contributed by atoms with Crippen molar-refractivity contribution >= 4 is 0 Å². The zero-order valence-electron chi connectivity index (χ0n) is 11.6. The van der Waals surface area contributed by atoms with E-state index in [0.717, 1.165) is 19.4 Å². The van der Waals surface area contributed by atoms with Crippen LogP contribution in [0.15, 0.2) is 30.4 Å². The molecular weight excluding hydrogens is 206 g/mol. The fourth-order valence-corrected chi connectivity index (χ4v) is 2.33. The zero-order valence-corrected chi connectivity index (χ0v) is 11.6. The summed E-state index contributed by atoms with van der Waals surface area (Å²) in [4.78, 5) is 0. The second kappa shape index (κ2) is 6.61. The van der Waals surface area contributed by atoms with Gasteiger partial charge in [-0.2, -0.15) is 0 Å². The Kier molecular flexibility index (Phi) is 5.43. The molecular formula is C16H25N. The van der Waals surface area contributed by atoms with Crippen molar-refractivity contribution in [3.05, 3.63) is 47.0 Å². The summed E-state index contributed by atoms with van der Waals surface area (Å²) in [5.41, 5.74) is 5.52. The van der Waals surface area contributed by atoms with Gasteiger partial charge in [-0.15, -0.1) is 0 Å². The first-order valence-electron chi connectivity index (χ1n) is 6.56. The molecule has 0 aliphatic carbocycles. The number of hydrogen-bond donors (Lipinski definition) is 1. The van der Waals surface area contributed by atoms with Gasteiger partial charge >= 0.3 is 0 Å². The molecule has 0 aliphatic heterocycles. The van der Waals surface area contributed by atoms with Gasteiger partial charge in [0.25, 0.3) is 0 Å². The Labute approximate surface area is 106 Å². The van der Waals surface area contributed by atoms with Gasteiger partial charge in [-0.1, -0.05) is 44.2 Å². The lowest BCUT2D eigenvalue weighted by Gasteiger charge is -2.23. The van der Waals surface area contributed by atoms with Gasteiger partial charge in [0.2, 0.25) is 0 Å². The first-order valence-corrected chi connectivity index (χ1v) is 6.56. The summed E-state index contributed by atoms with van der Waals surface area (Å²) in [6, 6.07) is 6.93. The van der Waals surface area contributed by atoms with E-state index < -0.39 is 0 Å². The van der Waals surface area contributed by atoms with Gasteiger partial charge in [0.15, 0.2) is 0 Å². The molecule has 94 valence electrons. The van der Waals surface area contributed by atoms with Crippen LogP contribution >= 0.6 is 0 Å². The second-order valence-electron chi connectivity index (χ2n) is 4.72. The molecule has 17 heavy (non-hydrogen) atoms. The monoisotopic (exact) mass is 231 g/mol. The fourth-order valence-electron chi connectivity index (χ4n) is 2.33. The second-order valence-corrected chi connectivity index (χ2v) is 4.72. The highest BCUT2D eigenvalue weighted by Gasteiger charge is 2.15. The lowest BCUT2D eigenvalue weighted by Crippen LogP contribution is -2.23. The average Bonchev–Trinajstić information content (AvgIpc) is 2.28. The van der Waals surface area contributed by atoms with Crippen LogP contribution < -0.4 is 5.32 Å². The Balaban J connectivity index is 3.00. The van der Waals surface area contributed by atoms with Crippen LogP contribution in [0.3, 0.4) is 0 Å². The van der Waals surface area contributed by atoms with Gasteiger partial charge in [-0.3, -0.25) is 0 Å². The molecule has 0 heterocycles. The average molecular weight is 231 g/mol. The predicted octanol–water partition coefficient (Wildman–Crippen LogP) is 4.31. The minimum atomic E-state index is 0.411. The summed E-state index contributed by atoms with van der Waals surface area (Å²) in [5.74, 6) is 0. The molecule has 1 heteroatoms. The summed E-state index contributed by atoms with van der Waals surface area (Å²) < 4.78 is 0.